The van der Waals surface area contributed by atoms with E-state index in [0.717, 1.165) is 38.8 Å². The molecule has 0 N–H and O–H groups in total. The Morgan fingerprint density at radius 3 is 1.43 bits per heavy atom. The number of carbonyl (C=O) groups is 2. The van der Waals surface area contributed by atoms with Crippen LogP contribution < -0.4 is 0 Å². The number of piperidine rings is 2. The molecule has 0 radical (unpaired) electrons. The Hall–Kier alpha value is -1.84. The van der Waals surface area contributed by atoms with Gasteiger partial charge < -0.3 is 9.80 Å². The van der Waals surface area contributed by atoms with Crippen molar-refractivity contribution in [2.75, 3.05) is 13.1 Å². The molecular formula is C24H36N2O2. The summed E-state index contributed by atoms with van der Waals surface area (Å²) in [4.78, 5) is 30.1. The van der Waals surface area contributed by atoms with Gasteiger partial charge in [0.1, 0.15) is 0 Å². The molecule has 0 aliphatic carbocycles. The molecule has 0 spiro atoms. The van der Waals surface area contributed by atoms with Crippen molar-refractivity contribution in [3.05, 3.63) is 35.4 Å². The summed E-state index contributed by atoms with van der Waals surface area (Å²) in [5.74, 6) is 1.41. The van der Waals surface area contributed by atoms with Crippen LogP contribution in [0.4, 0.5) is 0 Å². The summed E-state index contributed by atoms with van der Waals surface area (Å²) in [6.45, 7) is 10.4. The fourth-order valence-electron chi connectivity index (χ4n) is 4.68. The highest BCUT2D eigenvalue weighted by Crippen LogP contribution is 2.27. The Kier molecular flexibility index (Phi) is 6.79. The second-order valence-corrected chi connectivity index (χ2v) is 8.89. The van der Waals surface area contributed by atoms with Crippen LogP contribution in [0.25, 0.3) is 0 Å². The zero-order chi connectivity index (χ0) is 20.3. The van der Waals surface area contributed by atoms with Gasteiger partial charge in [0, 0.05) is 36.3 Å². The number of likely N-dealkylation sites (tertiary alicyclic amines) is 2. The highest BCUT2D eigenvalue weighted by Gasteiger charge is 2.30. The van der Waals surface area contributed by atoms with Gasteiger partial charge in [-0.1, -0.05) is 26.7 Å². The largest absolute Gasteiger partial charge is 0.336 e. The molecular weight excluding hydrogens is 348 g/mol. The van der Waals surface area contributed by atoms with Crippen LogP contribution in [-0.2, 0) is 0 Å². The van der Waals surface area contributed by atoms with Gasteiger partial charge >= 0.3 is 0 Å². The molecule has 2 amide bonds. The highest BCUT2D eigenvalue weighted by molar-refractivity contribution is 5.98. The smallest absolute Gasteiger partial charge is 0.254 e. The molecule has 2 aliphatic heterocycles. The number of benzene rings is 1. The van der Waals surface area contributed by atoms with Crippen molar-refractivity contribution in [1.29, 1.82) is 0 Å². The molecule has 4 unspecified atom stereocenters. The molecule has 0 bridgehead atoms. The fourth-order valence-corrected chi connectivity index (χ4v) is 4.68. The topological polar surface area (TPSA) is 40.6 Å². The summed E-state index contributed by atoms with van der Waals surface area (Å²) in [5, 5.41) is 0. The Morgan fingerprint density at radius 2 is 1.11 bits per heavy atom. The van der Waals surface area contributed by atoms with E-state index in [0.29, 0.717) is 23.0 Å². The van der Waals surface area contributed by atoms with Crippen molar-refractivity contribution in [2.45, 2.75) is 78.3 Å². The standard InChI is InChI=1S/C24H36N2O2/c1-5-19-9-7-17(3)25(15-19)23(27)21-11-13-22(14-12-21)24(28)26-16-20(6-2)10-8-18(26)4/h11-14,17-20H,5-10,15-16H2,1-4H3. The second kappa shape index (κ2) is 9.11. The van der Waals surface area contributed by atoms with E-state index in [4.69, 9.17) is 0 Å². The van der Waals surface area contributed by atoms with Crippen LogP contribution in [0.2, 0.25) is 0 Å². The minimum Gasteiger partial charge on any atom is -0.336 e. The van der Waals surface area contributed by atoms with Gasteiger partial charge in [-0.05, 0) is 75.6 Å². The van der Waals surface area contributed by atoms with E-state index in [-0.39, 0.29) is 23.9 Å². The van der Waals surface area contributed by atoms with E-state index in [2.05, 4.69) is 27.7 Å². The van der Waals surface area contributed by atoms with Crippen LogP contribution in [0.15, 0.2) is 24.3 Å². The van der Waals surface area contributed by atoms with Crippen molar-refractivity contribution in [2.24, 2.45) is 11.8 Å². The van der Waals surface area contributed by atoms with Crippen LogP contribution in [-0.4, -0.2) is 46.8 Å². The number of amides is 2. The molecule has 0 saturated carbocycles. The molecule has 1 aromatic carbocycles. The maximum Gasteiger partial charge on any atom is 0.254 e. The van der Waals surface area contributed by atoms with Gasteiger partial charge in [-0.2, -0.15) is 0 Å². The van der Waals surface area contributed by atoms with E-state index in [1.807, 2.05) is 34.1 Å². The number of carbonyl (C=O) groups excluding carboxylic acids is 2. The maximum absolute atomic E-state index is 13.0. The lowest BCUT2D eigenvalue weighted by molar-refractivity contribution is 0.0545. The third-order valence-corrected chi connectivity index (χ3v) is 7.01. The van der Waals surface area contributed by atoms with Crippen LogP contribution in [0.3, 0.4) is 0 Å². The lowest BCUT2D eigenvalue weighted by atomic mass is 9.90. The predicted octanol–water partition coefficient (Wildman–Crippen LogP) is 4.99. The molecule has 1 aromatic rings. The van der Waals surface area contributed by atoms with Gasteiger partial charge in [-0.3, -0.25) is 9.59 Å². The predicted molar refractivity (Wildman–Crippen MR) is 113 cm³/mol. The van der Waals surface area contributed by atoms with Crippen molar-refractivity contribution < 1.29 is 9.59 Å². The summed E-state index contributed by atoms with van der Waals surface area (Å²) < 4.78 is 0. The average Bonchev–Trinajstić information content (AvgIpc) is 2.73. The summed E-state index contributed by atoms with van der Waals surface area (Å²) in [6.07, 6.45) is 6.81. The first-order valence-corrected chi connectivity index (χ1v) is 11.2. The zero-order valence-corrected chi connectivity index (χ0v) is 18.0. The molecule has 2 aliphatic rings. The van der Waals surface area contributed by atoms with Crippen LogP contribution in [0.1, 0.15) is 86.9 Å². The SMILES string of the molecule is CCC1CCC(C)N(C(=O)c2ccc(C(=O)N3CC(CC)CCC3C)cc2)C1. The van der Waals surface area contributed by atoms with Crippen LogP contribution >= 0.6 is 0 Å². The van der Waals surface area contributed by atoms with Gasteiger partial charge in [0.2, 0.25) is 0 Å². The second-order valence-electron chi connectivity index (χ2n) is 8.89. The molecule has 0 aromatic heterocycles. The maximum atomic E-state index is 13.0. The van der Waals surface area contributed by atoms with Crippen LogP contribution in [0, 0.1) is 11.8 Å². The number of nitrogens with zero attached hydrogens (tertiary/aromatic N) is 2. The summed E-state index contributed by atoms with van der Waals surface area (Å²) in [6, 6.07) is 7.93. The first-order valence-electron chi connectivity index (χ1n) is 11.2. The quantitative estimate of drug-likeness (QED) is 0.734. The van der Waals surface area contributed by atoms with Crippen molar-refractivity contribution in [1.82, 2.24) is 9.80 Å². The van der Waals surface area contributed by atoms with E-state index in [1.165, 1.54) is 12.8 Å². The molecule has 154 valence electrons. The normalized spacial score (nSPS) is 28.3. The molecule has 3 rings (SSSR count). The lowest BCUT2D eigenvalue weighted by Crippen LogP contribution is -2.46. The molecule has 2 fully saturated rings. The first kappa shape index (κ1) is 20.9. The molecule has 28 heavy (non-hydrogen) atoms. The minimum absolute atomic E-state index is 0.0991. The summed E-state index contributed by atoms with van der Waals surface area (Å²) >= 11 is 0. The fraction of sp³-hybridized carbons (Fsp3) is 0.667. The molecule has 4 atom stereocenters. The molecule has 2 heterocycles. The van der Waals surface area contributed by atoms with E-state index in [9.17, 15) is 9.59 Å². The average molecular weight is 385 g/mol. The molecule has 4 nitrogen and oxygen atoms in total. The summed E-state index contributed by atoms with van der Waals surface area (Å²) in [7, 11) is 0. The Bertz CT molecular complexity index is 625. The van der Waals surface area contributed by atoms with Gasteiger partial charge in [-0.25, -0.2) is 0 Å². The van der Waals surface area contributed by atoms with E-state index < -0.39 is 0 Å². The van der Waals surface area contributed by atoms with Gasteiger partial charge in [-0.15, -0.1) is 0 Å². The number of hydrogen-bond acceptors (Lipinski definition) is 2. The van der Waals surface area contributed by atoms with Gasteiger partial charge in [0.25, 0.3) is 11.8 Å². The Labute approximate surface area is 170 Å². The Morgan fingerprint density at radius 1 is 0.750 bits per heavy atom. The van der Waals surface area contributed by atoms with Gasteiger partial charge in [0.05, 0.1) is 0 Å². The van der Waals surface area contributed by atoms with Crippen molar-refractivity contribution >= 4 is 11.8 Å². The Balaban J connectivity index is 1.70. The third-order valence-electron chi connectivity index (χ3n) is 7.01. The van der Waals surface area contributed by atoms with Gasteiger partial charge in [0.15, 0.2) is 0 Å². The van der Waals surface area contributed by atoms with Crippen molar-refractivity contribution in [3.8, 4) is 0 Å². The van der Waals surface area contributed by atoms with E-state index >= 15 is 0 Å². The number of rotatable bonds is 4. The minimum atomic E-state index is 0.0991. The monoisotopic (exact) mass is 384 g/mol. The first-order chi connectivity index (χ1) is 13.4. The van der Waals surface area contributed by atoms with E-state index in [1.54, 1.807) is 0 Å². The highest BCUT2D eigenvalue weighted by atomic mass is 16.2. The molecule has 2 saturated heterocycles. The zero-order valence-electron chi connectivity index (χ0n) is 18.0. The summed E-state index contributed by atoms with van der Waals surface area (Å²) in [5.41, 5.74) is 1.39. The third kappa shape index (κ3) is 4.42. The lowest BCUT2D eigenvalue weighted by Gasteiger charge is -2.38. The number of hydrogen-bond donors (Lipinski definition) is 0. The van der Waals surface area contributed by atoms with Crippen LogP contribution in [0.5, 0.6) is 0 Å². The van der Waals surface area contributed by atoms with Crippen molar-refractivity contribution in [3.63, 3.8) is 0 Å². The molecule has 4 heteroatoms.